The number of carbonyl (C=O) groups excluding carboxylic acids is 2. The van der Waals surface area contributed by atoms with Gasteiger partial charge >= 0.3 is 6.03 Å². The average Bonchev–Trinajstić information content (AvgIpc) is 3.23. The molecule has 0 radical (unpaired) electrons. The van der Waals surface area contributed by atoms with Crippen LogP contribution >= 0.6 is 0 Å². The number of nitrogens with one attached hydrogen (secondary N) is 2. The first-order valence-electron chi connectivity index (χ1n) is 9.45. The summed E-state index contributed by atoms with van der Waals surface area (Å²) in [6, 6.07) is 14.1. The van der Waals surface area contributed by atoms with Crippen LogP contribution in [0.1, 0.15) is 19.8 Å². The second-order valence-corrected chi connectivity index (χ2v) is 6.45. The van der Waals surface area contributed by atoms with Crippen molar-refractivity contribution in [1.29, 1.82) is 0 Å². The molecule has 2 aromatic rings. The first-order valence-corrected chi connectivity index (χ1v) is 9.45. The van der Waals surface area contributed by atoms with E-state index in [1.165, 1.54) is 0 Å². The van der Waals surface area contributed by atoms with Crippen LogP contribution in [-0.2, 0) is 4.79 Å². The van der Waals surface area contributed by atoms with Gasteiger partial charge in [-0.3, -0.25) is 4.79 Å². The van der Waals surface area contributed by atoms with E-state index in [4.69, 9.17) is 9.47 Å². The minimum atomic E-state index is -0.281. The first kappa shape index (κ1) is 19.5. The van der Waals surface area contributed by atoms with Gasteiger partial charge in [0.05, 0.1) is 6.61 Å². The lowest BCUT2D eigenvalue weighted by Gasteiger charge is -2.16. The first-order chi connectivity index (χ1) is 13.6. The number of anilines is 2. The molecule has 0 saturated carbocycles. The van der Waals surface area contributed by atoms with Crippen LogP contribution in [0.4, 0.5) is 16.2 Å². The molecule has 7 nitrogen and oxygen atoms in total. The Morgan fingerprint density at radius 1 is 0.929 bits per heavy atom. The maximum absolute atomic E-state index is 12.2. The van der Waals surface area contributed by atoms with Crippen molar-refractivity contribution in [3.63, 3.8) is 0 Å². The molecule has 0 bridgehead atoms. The monoisotopic (exact) mass is 383 g/mol. The van der Waals surface area contributed by atoms with Gasteiger partial charge in [-0.05, 0) is 62.2 Å². The van der Waals surface area contributed by atoms with Crippen LogP contribution in [0, 0.1) is 0 Å². The Hall–Kier alpha value is -3.22. The molecule has 1 heterocycles. The minimum Gasteiger partial charge on any atom is -0.494 e. The third kappa shape index (κ3) is 5.64. The van der Waals surface area contributed by atoms with E-state index in [-0.39, 0.29) is 18.5 Å². The summed E-state index contributed by atoms with van der Waals surface area (Å²) in [5.41, 5.74) is 1.24. The van der Waals surface area contributed by atoms with Crippen molar-refractivity contribution in [1.82, 2.24) is 4.90 Å². The summed E-state index contributed by atoms with van der Waals surface area (Å²) in [5.74, 6) is 1.06. The lowest BCUT2D eigenvalue weighted by atomic mass is 10.2. The molecule has 28 heavy (non-hydrogen) atoms. The van der Waals surface area contributed by atoms with Gasteiger partial charge in [0.25, 0.3) is 5.91 Å². The average molecular weight is 383 g/mol. The standard InChI is InChI=1S/C21H25N3O4/c1-2-27-18-8-10-19(11-9-18)28-15-20(25)22-16-6-5-7-17(14-16)23-21(26)24-12-3-4-13-24/h5-11,14H,2-4,12-13,15H2,1H3,(H,22,25)(H,23,26). The van der Waals surface area contributed by atoms with E-state index in [1.54, 1.807) is 53.4 Å². The summed E-state index contributed by atoms with van der Waals surface area (Å²) < 4.78 is 10.9. The van der Waals surface area contributed by atoms with E-state index in [0.29, 0.717) is 23.7 Å². The number of nitrogens with zero attached hydrogens (tertiary/aromatic N) is 1. The third-order valence-electron chi connectivity index (χ3n) is 4.30. The van der Waals surface area contributed by atoms with Crippen molar-refractivity contribution in [2.75, 3.05) is 36.9 Å². The van der Waals surface area contributed by atoms with Crippen LogP contribution < -0.4 is 20.1 Å². The zero-order valence-corrected chi connectivity index (χ0v) is 15.9. The Morgan fingerprint density at radius 3 is 2.18 bits per heavy atom. The highest BCUT2D eigenvalue weighted by Gasteiger charge is 2.17. The molecule has 2 N–H and O–H groups in total. The second kappa shape index (κ2) is 9.64. The van der Waals surface area contributed by atoms with Crippen LogP contribution in [0.3, 0.4) is 0 Å². The molecule has 3 amide bonds. The molecule has 1 fully saturated rings. The van der Waals surface area contributed by atoms with Crippen molar-refractivity contribution < 1.29 is 19.1 Å². The molecule has 1 saturated heterocycles. The topological polar surface area (TPSA) is 79.9 Å². The maximum atomic E-state index is 12.2. The highest BCUT2D eigenvalue weighted by Crippen LogP contribution is 2.19. The van der Waals surface area contributed by atoms with Crippen LogP contribution in [0.15, 0.2) is 48.5 Å². The zero-order chi connectivity index (χ0) is 19.8. The second-order valence-electron chi connectivity index (χ2n) is 6.45. The number of urea groups is 1. The highest BCUT2D eigenvalue weighted by molar-refractivity contribution is 5.94. The summed E-state index contributed by atoms with van der Waals surface area (Å²) in [6.45, 7) is 3.97. The largest absolute Gasteiger partial charge is 0.494 e. The molecule has 1 aliphatic heterocycles. The third-order valence-corrected chi connectivity index (χ3v) is 4.30. The predicted molar refractivity (Wildman–Crippen MR) is 108 cm³/mol. The number of hydrogen-bond acceptors (Lipinski definition) is 4. The van der Waals surface area contributed by atoms with Gasteiger partial charge in [-0.1, -0.05) is 6.07 Å². The van der Waals surface area contributed by atoms with E-state index in [1.807, 2.05) is 6.92 Å². The van der Waals surface area contributed by atoms with Gasteiger partial charge in [-0.15, -0.1) is 0 Å². The van der Waals surface area contributed by atoms with Crippen molar-refractivity contribution in [2.45, 2.75) is 19.8 Å². The number of hydrogen-bond donors (Lipinski definition) is 2. The van der Waals surface area contributed by atoms with Crippen LogP contribution in [0.2, 0.25) is 0 Å². The van der Waals surface area contributed by atoms with E-state index in [2.05, 4.69) is 10.6 Å². The Bertz CT molecular complexity index is 802. The van der Waals surface area contributed by atoms with E-state index < -0.39 is 0 Å². The molecule has 3 rings (SSSR count). The van der Waals surface area contributed by atoms with Gasteiger partial charge in [-0.2, -0.15) is 0 Å². The molecule has 0 aromatic heterocycles. The molecule has 0 unspecified atom stereocenters. The van der Waals surface area contributed by atoms with Crippen LogP contribution in [-0.4, -0.2) is 43.1 Å². The number of likely N-dealkylation sites (tertiary alicyclic amines) is 1. The number of carbonyl (C=O) groups is 2. The fourth-order valence-electron chi connectivity index (χ4n) is 2.94. The van der Waals surface area contributed by atoms with Gasteiger partial charge in [0.1, 0.15) is 11.5 Å². The van der Waals surface area contributed by atoms with E-state index in [0.717, 1.165) is 31.7 Å². The highest BCUT2D eigenvalue weighted by atomic mass is 16.5. The van der Waals surface area contributed by atoms with E-state index >= 15 is 0 Å². The summed E-state index contributed by atoms with van der Waals surface area (Å²) in [4.78, 5) is 26.1. The number of amides is 3. The van der Waals surface area contributed by atoms with Crippen LogP contribution in [0.25, 0.3) is 0 Å². The Balaban J connectivity index is 1.48. The van der Waals surface area contributed by atoms with Crippen molar-refractivity contribution in [3.05, 3.63) is 48.5 Å². The lowest BCUT2D eigenvalue weighted by Crippen LogP contribution is -2.32. The van der Waals surface area contributed by atoms with Crippen molar-refractivity contribution in [2.24, 2.45) is 0 Å². The molecular formula is C21H25N3O4. The molecular weight excluding hydrogens is 358 g/mol. The molecule has 1 aliphatic rings. The van der Waals surface area contributed by atoms with Gasteiger partial charge in [0.2, 0.25) is 0 Å². The van der Waals surface area contributed by atoms with Gasteiger partial charge < -0.3 is 25.0 Å². The van der Waals surface area contributed by atoms with Gasteiger partial charge in [0, 0.05) is 24.5 Å². The fourth-order valence-corrected chi connectivity index (χ4v) is 2.94. The summed E-state index contributed by atoms with van der Waals surface area (Å²) in [7, 11) is 0. The summed E-state index contributed by atoms with van der Waals surface area (Å²) in [6.07, 6.45) is 2.08. The van der Waals surface area contributed by atoms with Gasteiger partial charge in [0.15, 0.2) is 6.61 Å². The maximum Gasteiger partial charge on any atom is 0.321 e. The molecule has 0 atom stereocenters. The Kier molecular flexibility index (Phi) is 6.73. The molecule has 148 valence electrons. The SMILES string of the molecule is CCOc1ccc(OCC(=O)Nc2cccc(NC(=O)N3CCCC3)c2)cc1. The van der Waals surface area contributed by atoms with E-state index in [9.17, 15) is 9.59 Å². The van der Waals surface area contributed by atoms with Crippen molar-refractivity contribution >= 4 is 23.3 Å². The molecule has 2 aromatic carbocycles. The Morgan fingerprint density at radius 2 is 1.54 bits per heavy atom. The smallest absolute Gasteiger partial charge is 0.321 e. The Labute approximate surface area is 164 Å². The lowest BCUT2D eigenvalue weighted by molar-refractivity contribution is -0.118. The molecule has 0 spiro atoms. The van der Waals surface area contributed by atoms with Crippen molar-refractivity contribution in [3.8, 4) is 11.5 Å². The number of rotatable bonds is 7. The fraction of sp³-hybridized carbons (Fsp3) is 0.333. The predicted octanol–water partition coefficient (Wildman–Crippen LogP) is 3.73. The number of ether oxygens (including phenoxy) is 2. The molecule has 7 heteroatoms. The normalized spacial score (nSPS) is 13.1. The zero-order valence-electron chi connectivity index (χ0n) is 15.9. The quantitative estimate of drug-likeness (QED) is 0.763. The summed E-state index contributed by atoms with van der Waals surface area (Å²) >= 11 is 0. The number of benzene rings is 2. The summed E-state index contributed by atoms with van der Waals surface area (Å²) in [5, 5.41) is 5.64. The van der Waals surface area contributed by atoms with Gasteiger partial charge in [-0.25, -0.2) is 4.79 Å². The minimum absolute atomic E-state index is 0.111. The van der Waals surface area contributed by atoms with Crippen LogP contribution in [0.5, 0.6) is 11.5 Å². The molecule has 0 aliphatic carbocycles.